The maximum Gasteiger partial charge on any atom is 0.140 e. The quantitative estimate of drug-likeness (QED) is 0.621. The molecule has 3 aromatic rings. The van der Waals surface area contributed by atoms with E-state index in [0.29, 0.717) is 0 Å². The lowest BCUT2D eigenvalue weighted by Crippen LogP contribution is -1.91. The third-order valence-corrected chi connectivity index (χ3v) is 3.07. The van der Waals surface area contributed by atoms with Crippen LogP contribution in [0.5, 0.6) is 0 Å². The molecule has 0 spiro atoms. The van der Waals surface area contributed by atoms with Crippen molar-refractivity contribution in [3.63, 3.8) is 0 Å². The summed E-state index contributed by atoms with van der Waals surface area (Å²) in [5.41, 5.74) is 4.64. The molecule has 0 saturated heterocycles. The number of benzene rings is 2. The molecular weight excluding hydrogens is 220 g/mol. The van der Waals surface area contributed by atoms with E-state index in [2.05, 4.69) is 48.9 Å². The number of rotatable bonds is 1. The number of imidazole rings is 1. The predicted octanol–water partition coefficient (Wildman–Crippen LogP) is 4.18. The Morgan fingerprint density at radius 1 is 1.00 bits per heavy atom. The molecule has 0 aliphatic heterocycles. The fourth-order valence-corrected chi connectivity index (χ4v) is 2.16. The van der Waals surface area contributed by atoms with Crippen LogP contribution in [0.1, 0.15) is 13.0 Å². The van der Waals surface area contributed by atoms with Gasteiger partial charge in [0, 0.05) is 12.6 Å². The highest BCUT2D eigenvalue weighted by molar-refractivity contribution is 5.81. The lowest BCUT2D eigenvalue weighted by atomic mass is 10.2. The zero-order valence-corrected chi connectivity index (χ0v) is 10.0. The molecule has 1 aromatic heterocycles. The number of aromatic nitrogens is 2. The van der Waals surface area contributed by atoms with Crippen LogP contribution < -0.4 is 0 Å². The first-order chi connectivity index (χ1) is 8.25. The Morgan fingerprint density at radius 2 is 1.72 bits per heavy atom. The van der Waals surface area contributed by atoms with E-state index in [-0.39, 0.29) is 7.43 Å². The number of fused-ring (bicyclic) bond motifs is 1. The van der Waals surface area contributed by atoms with Gasteiger partial charge in [0.2, 0.25) is 0 Å². The Balaban J connectivity index is 0.00000120. The minimum atomic E-state index is 0. The molecule has 0 unspecified atom stereocenters. The van der Waals surface area contributed by atoms with Crippen LogP contribution in [0, 0.1) is 6.92 Å². The summed E-state index contributed by atoms with van der Waals surface area (Å²) in [7, 11) is 2.06. The molecule has 0 atom stereocenters. The molecule has 3 rings (SSSR count). The van der Waals surface area contributed by atoms with Crippen molar-refractivity contribution in [3.05, 3.63) is 54.1 Å². The average molecular weight is 238 g/mol. The van der Waals surface area contributed by atoms with Gasteiger partial charge in [-0.25, -0.2) is 4.98 Å². The smallest absolute Gasteiger partial charge is 0.140 e. The molecule has 0 saturated carbocycles. The first-order valence-corrected chi connectivity index (χ1v) is 5.74. The van der Waals surface area contributed by atoms with Crippen LogP contribution in [0.3, 0.4) is 0 Å². The first kappa shape index (κ1) is 12.4. The Kier molecular flexibility index (Phi) is 3.19. The second-order valence-electron chi connectivity index (χ2n) is 4.35. The van der Waals surface area contributed by atoms with E-state index in [1.54, 1.807) is 0 Å². The summed E-state index contributed by atoms with van der Waals surface area (Å²) in [4.78, 5) is 4.71. The van der Waals surface area contributed by atoms with Crippen LogP contribution in [0.4, 0.5) is 0 Å². The van der Waals surface area contributed by atoms with Gasteiger partial charge in [-0.05, 0) is 24.6 Å². The van der Waals surface area contributed by atoms with Crippen molar-refractivity contribution in [2.24, 2.45) is 7.05 Å². The average Bonchev–Trinajstić information content (AvgIpc) is 2.67. The molecular formula is C16H18N2. The largest absolute Gasteiger partial charge is 0.327 e. The van der Waals surface area contributed by atoms with Crippen LogP contribution >= 0.6 is 0 Å². The van der Waals surface area contributed by atoms with Gasteiger partial charge in [-0.2, -0.15) is 0 Å². The van der Waals surface area contributed by atoms with Crippen molar-refractivity contribution in [2.45, 2.75) is 14.4 Å². The first-order valence-electron chi connectivity index (χ1n) is 5.74. The maximum atomic E-state index is 4.71. The second-order valence-corrected chi connectivity index (χ2v) is 4.35. The van der Waals surface area contributed by atoms with E-state index >= 15 is 0 Å². The van der Waals surface area contributed by atoms with Crippen LogP contribution in [-0.2, 0) is 7.05 Å². The van der Waals surface area contributed by atoms with Crippen molar-refractivity contribution < 1.29 is 0 Å². The van der Waals surface area contributed by atoms with Gasteiger partial charge in [0.25, 0.3) is 0 Å². The third kappa shape index (κ3) is 1.90. The SMILES string of the molecule is C.Cc1ccc2c(c1)nc(-c1ccccc1)n2C. The fourth-order valence-electron chi connectivity index (χ4n) is 2.16. The Bertz CT molecular complexity index is 666. The number of hydrogen-bond acceptors (Lipinski definition) is 1. The van der Waals surface area contributed by atoms with Crippen LogP contribution in [-0.4, -0.2) is 9.55 Å². The summed E-state index contributed by atoms with van der Waals surface area (Å²) < 4.78 is 2.14. The molecule has 1 heterocycles. The van der Waals surface area contributed by atoms with E-state index in [1.165, 1.54) is 11.1 Å². The monoisotopic (exact) mass is 238 g/mol. The highest BCUT2D eigenvalue weighted by Gasteiger charge is 2.08. The van der Waals surface area contributed by atoms with Gasteiger partial charge in [0.05, 0.1) is 11.0 Å². The number of aryl methyl sites for hydroxylation is 2. The number of hydrogen-bond donors (Lipinski definition) is 0. The zero-order valence-electron chi connectivity index (χ0n) is 10.0. The normalized spacial score (nSPS) is 10.3. The standard InChI is InChI=1S/C15H14N2.CH4/c1-11-8-9-14-13(10-11)16-15(17(14)2)12-6-4-3-5-7-12;/h3-10H,1-2H3;1H4. The van der Waals surface area contributed by atoms with Gasteiger partial charge < -0.3 is 4.57 Å². The third-order valence-electron chi connectivity index (χ3n) is 3.07. The minimum Gasteiger partial charge on any atom is -0.327 e. The van der Waals surface area contributed by atoms with E-state index < -0.39 is 0 Å². The van der Waals surface area contributed by atoms with Crippen LogP contribution in [0.25, 0.3) is 22.4 Å². The summed E-state index contributed by atoms with van der Waals surface area (Å²) in [5.74, 6) is 1.02. The molecule has 0 amide bonds. The van der Waals surface area contributed by atoms with E-state index in [9.17, 15) is 0 Å². The molecule has 92 valence electrons. The molecule has 2 heteroatoms. The molecule has 0 fully saturated rings. The molecule has 2 aromatic carbocycles. The number of nitrogens with zero attached hydrogens (tertiary/aromatic N) is 2. The minimum absolute atomic E-state index is 0. The van der Waals surface area contributed by atoms with Gasteiger partial charge in [0.1, 0.15) is 5.82 Å². The highest BCUT2D eigenvalue weighted by atomic mass is 15.1. The van der Waals surface area contributed by atoms with Gasteiger partial charge in [-0.15, -0.1) is 0 Å². The summed E-state index contributed by atoms with van der Waals surface area (Å²) in [6.45, 7) is 2.09. The molecule has 0 aliphatic rings. The molecule has 0 aliphatic carbocycles. The molecule has 18 heavy (non-hydrogen) atoms. The lowest BCUT2D eigenvalue weighted by molar-refractivity contribution is 0.959. The van der Waals surface area contributed by atoms with E-state index in [0.717, 1.165) is 16.9 Å². The van der Waals surface area contributed by atoms with E-state index in [1.807, 2.05) is 18.2 Å². The predicted molar refractivity (Wildman–Crippen MR) is 77.6 cm³/mol. The summed E-state index contributed by atoms with van der Waals surface area (Å²) in [6, 6.07) is 16.7. The van der Waals surface area contributed by atoms with Crippen LogP contribution in [0.15, 0.2) is 48.5 Å². The van der Waals surface area contributed by atoms with Crippen molar-refractivity contribution in [3.8, 4) is 11.4 Å². The topological polar surface area (TPSA) is 17.8 Å². The maximum absolute atomic E-state index is 4.71. The van der Waals surface area contributed by atoms with Crippen molar-refractivity contribution in [1.29, 1.82) is 0 Å². The van der Waals surface area contributed by atoms with Crippen molar-refractivity contribution >= 4 is 11.0 Å². The zero-order chi connectivity index (χ0) is 11.8. The van der Waals surface area contributed by atoms with Crippen molar-refractivity contribution in [1.82, 2.24) is 9.55 Å². The summed E-state index contributed by atoms with van der Waals surface area (Å²) >= 11 is 0. The molecule has 0 bridgehead atoms. The van der Waals surface area contributed by atoms with Gasteiger partial charge in [0.15, 0.2) is 0 Å². The van der Waals surface area contributed by atoms with Crippen LogP contribution in [0.2, 0.25) is 0 Å². The van der Waals surface area contributed by atoms with Gasteiger partial charge in [-0.1, -0.05) is 43.8 Å². The van der Waals surface area contributed by atoms with Gasteiger partial charge >= 0.3 is 0 Å². The van der Waals surface area contributed by atoms with Crippen molar-refractivity contribution in [2.75, 3.05) is 0 Å². The van der Waals surface area contributed by atoms with E-state index in [4.69, 9.17) is 4.98 Å². The summed E-state index contributed by atoms with van der Waals surface area (Å²) in [6.07, 6.45) is 0. The molecule has 2 nitrogen and oxygen atoms in total. The Labute approximate surface area is 108 Å². The molecule has 0 radical (unpaired) electrons. The highest BCUT2D eigenvalue weighted by Crippen LogP contribution is 2.23. The lowest BCUT2D eigenvalue weighted by Gasteiger charge is -2.01. The second kappa shape index (κ2) is 4.65. The Hall–Kier alpha value is -2.09. The Morgan fingerprint density at radius 3 is 2.44 bits per heavy atom. The fraction of sp³-hybridized carbons (Fsp3) is 0.188. The summed E-state index contributed by atoms with van der Waals surface area (Å²) in [5, 5.41) is 0. The van der Waals surface area contributed by atoms with Gasteiger partial charge in [-0.3, -0.25) is 0 Å². The molecule has 0 N–H and O–H groups in total.